The summed E-state index contributed by atoms with van der Waals surface area (Å²) < 4.78 is 4.98. The fourth-order valence-corrected chi connectivity index (χ4v) is 3.54. The van der Waals surface area contributed by atoms with Gasteiger partial charge < -0.3 is 9.84 Å². The number of aromatic hydroxyl groups is 1. The number of fused-ring (bicyclic) bond motifs is 1. The van der Waals surface area contributed by atoms with Crippen LogP contribution in [0.1, 0.15) is 46.5 Å². The SMILES string of the molecule is CC.COC(=O)c1cc(O)c2c(C)c(C)c(C)c(C)c2c1-c1ccccc1. The highest BCUT2D eigenvalue weighted by atomic mass is 16.5. The van der Waals surface area contributed by atoms with Gasteiger partial charge in [-0.05, 0) is 67.0 Å². The van der Waals surface area contributed by atoms with Crippen molar-refractivity contribution in [2.75, 3.05) is 7.11 Å². The molecule has 0 atom stereocenters. The number of carbonyl (C=O) groups is 1. The molecule has 0 aliphatic heterocycles. The van der Waals surface area contributed by atoms with E-state index in [9.17, 15) is 9.90 Å². The van der Waals surface area contributed by atoms with E-state index in [0.29, 0.717) is 5.56 Å². The number of aryl methyl sites for hydroxylation is 2. The Hall–Kier alpha value is -2.81. The highest BCUT2D eigenvalue weighted by molar-refractivity contribution is 6.12. The van der Waals surface area contributed by atoms with Gasteiger partial charge in [-0.25, -0.2) is 4.79 Å². The molecule has 0 radical (unpaired) electrons. The van der Waals surface area contributed by atoms with Gasteiger partial charge in [0, 0.05) is 10.9 Å². The van der Waals surface area contributed by atoms with Crippen LogP contribution < -0.4 is 0 Å². The molecule has 3 nitrogen and oxygen atoms in total. The maximum atomic E-state index is 12.4. The van der Waals surface area contributed by atoms with Gasteiger partial charge in [-0.3, -0.25) is 0 Å². The topological polar surface area (TPSA) is 46.5 Å². The van der Waals surface area contributed by atoms with Crippen LogP contribution in [0.3, 0.4) is 0 Å². The highest BCUT2D eigenvalue weighted by Gasteiger charge is 2.23. The zero-order valence-electron chi connectivity index (χ0n) is 17.2. The van der Waals surface area contributed by atoms with Crippen molar-refractivity contribution in [3.8, 4) is 16.9 Å². The Kier molecular flexibility index (Phi) is 6.27. The van der Waals surface area contributed by atoms with Crippen LogP contribution in [0.15, 0.2) is 36.4 Å². The van der Waals surface area contributed by atoms with Crippen LogP contribution in [-0.4, -0.2) is 18.2 Å². The van der Waals surface area contributed by atoms with Crippen LogP contribution in [0.4, 0.5) is 0 Å². The lowest BCUT2D eigenvalue weighted by Gasteiger charge is -2.20. The first-order valence-corrected chi connectivity index (χ1v) is 9.28. The Morgan fingerprint density at radius 1 is 0.852 bits per heavy atom. The largest absolute Gasteiger partial charge is 0.507 e. The van der Waals surface area contributed by atoms with E-state index >= 15 is 0 Å². The molecule has 0 spiro atoms. The standard InChI is InChI=1S/C22H22O3.C2H6/c1-12-13(2)15(4)20-19(14(12)3)18(23)11-17(22(24)25-5)21(20)16-9-7-6-8-10-16;1-2/h6-11,23H,1-5H3;1-2H3. The van der Waals surface area contributed by atoms with Gasteiger partial charge in [-0.2, -0.15) is 0 Å². The maximum Gasteiger partial charge on any atom is 0.338 e. The first-order chi connectivity index (χ1) is 12.9. The first-order valence-electron chi connectivity index (χ1n) is 9.28. The lowest BCUT2D eigenvalue weighted by molar-refractivity contribution is 0.0601. The molecule has 3 heteroatoms. The van der Waals surface area contributed by atoms with Gasteiger partial charge in [-0.1, -0.05) is 44.2 Å². The van der Waals surface area contributed by atoms with Crippen molar-refractivity contribution < 1.29 is 14.6 Å². The van der Waals surface area contributed by atoms with E-state index < -0.39 is 5.97 Å². The van der Waals surface area contributed by atoms with E-state index in [1.54, 1.807) is 0 Å². The van der Waals surface area contributed by atoms with Crippen molar-refractivity contribution in [1.82, 2.24) is 0 Å². The second kappa shape index (κ2) is 8.26. The average Bonchev–Trinajstić information content (AvgIpc) is 2.71. The molecule has 0 saturated carbocycles. The van der Waals surface area contributed by atoms with Crippen molar-refractivity contribution in [3.05, 3.63) is 64.2 Å². The number of phenolic OH excluding ortho intramolecular Hbond substituents is 1. The van der Waals surface area contributed by atoms with E-state index in [0.717, 1.165) is 38.6 Å². The molecule has 0 aromatic heterocycles. The molecule has 3 rings (SSSR count). The summed E-state index contributed by atoms with van der Waals surface area (Å²) in [5.74, 6) is -0.342. The third kappa shape index (κ3) is 3.42. The Morgan fingerprint density at radius 2 is 1.37 bits per heavy atom. The summed E-state index contributed by atoms with van der Waals surface area (Å²) in [5, 5.41) is 12.4. The molecular weight excluding hydrogens is 336 g/mol. The van der Waals surface area contributed by atoms with E-state index in [-0.39, 0.29) is 5.75 Å². The zero-order chi connectivity index (χ0) is 20.3. The lowest BCUT2D eigenvalue weighted by atomic mass is 9.84. The van der Waals surface area contributed by atoms with E-state index in [1.165, 1.54) is 18.7 Å². The van der Waals surface area contributed by atoms with Gasteiger partial charge in [0.05, 0.1) is 12.7 Å². The molecule has 1 N–H and O–H groups in total. The van der Waals surface area contributed by atoms with Crippen LogP contribution in [0, 0.1) is 27.7 Å². The minimum absolute atomic E-state index is 0.110. The fourth-order valence-electron chi connectivity index (χ4n) is 3.54. The number of hydrogen-bond acceptors (Lipinski definition) is 3. The number of phenols is 1. The molecule has 0 heterocycles. The normalized spacial score (nSPS) is 10.3. The van der Waals surface area contributed by atoms with Gasteiger partial charge in [0.15, 0.2) is 0 Å². The Bertz CT molecular complexity index is 986. The third-order valence-electron chi connectivity index (χ3n) is 5.21. The van der Waals surface area contributed by atoms with Gasteiger partial charge in [0.25, 0.3) is 0 Å². The van der Waals surface area contributed by atoms with Crippen molar-refractivity contribution >= 4 is 16.7 Å². The first kappa shape index (κ1) is 20.5. The zero-order valence-corrected chi connectivity index (χ0v) is 17.2. The summed E-state index contributed by atoms with van der Waals surface area (Å²) in [7, 11) is 1.36. The van der Waals surface area contributed by atoms with Gasteiger partial charge in [-0.15, -0.1) is 0 Å². The second-order valence-electron chi connectivity index (χ2n) is 6.43. The van der Waals surface area contributed by atoms with E-state index in [1.807, 2.05) is 58.0 Å². The summed E-state index contributed by atoms with van der Waals surface area (Å²) in [6, 6.07) is 11.3. The summed E-state index contributed by atoms with van der Waals surface area (Å²) in [6.07, 6.45) is 0. The lowest BCUT2D eigenvalue weighted by Crippen LogP contribution is -2.06. The number of esters is 1. The van der Waals surface area contributed by atoms with Crippen LogP contribution >= 0.6 is 0 Å². The quantitative estimate of drug-likeness (QED) is 0.546. The Balaban J connectivity index is 0.00000126. The summed E-state index contributed by atoms with van der Waals surface area (Å²) >= 11 is 0. The number of ether oxygens (including phenoxy) is 1. The minimum Gasteiger partial charge on any atom is -0.507 e. The molecule has 142 valence electrons. The summed E-state index contributed by atoms with van der Waals surface area (Å²) in [5.41, 5.74) is 6.54. The number of methoxy groups -OCH3 is 1. The molecule has 0 fully saturated rings. The highest BCUT2D eigenvalue weighted by Crippen LogP contribution is 2.43. The van der Waals surface area contributed by atoms with Crippen LogP contribution in [-0.2, 0) is 4.74 Å². The summed E-state index contributed by atoms with van der Waals surface area (Å²) in [4.78, 5) is 12.4. The Labute approximate surface area is 161 Å². The third-order valence-corrected chi connectivity index (χ3v) is 5.21. The average molecular weight is 364 g/mol. The maximum absolute atomic E-state index is 12.4. The van der Waals surface area contributed by atoms with Gasteiger partial charge in [0.1, 0.15) is 5.75 Å². The monoisotopic (exact) mass is 364 g/mol. The molecule has 3 aromatic rings. The molecule has 0 bridgehead atoms. The second-order valence-corrected chi connectivity index (χ2v) is 6.43. The Morgan fingerprint density at radius 3 is 1.89 bits per heavy atom. The summed E-state index contributed by atoms with van der Waals surface area (Å²) in [6.45, 7) is 12.2. The van der Waals surface area contributed by atoms with Gasteiger partial charge >= 0.3 is 5.97 Å². The number of carbonyl (C=O) groups excluding carboxylic acids is 1. The predicted molar refractivity (Wildman–Crippen MR) is 113 cm³/mol. The van der Waals surface area contributed by atoms with Crippen molar-refractivity contribution in [3.63, 3.8) is 0 Å². The molecule has 0 aliphatic rings. The number of hydrogen-bond donors (Lipinski definition) is 1. The molecule has 3 aromatic carbocycles. The van der Waals surface area contributed by atoms with Crippen molar-refractivity contribution in [2.24, 2.45) is 0 Å². The molecule has 0 aliphatic carbocycles. The molecule has 27 heavy (non-hydrogen) atoms. The fraction of sp³-hybridized carbons (Fsp3) is 0.292. The molecule has 0 unspecified atom stereocenters. The van der Waals surface area contributed by atoms with Crippen LogP contribution in [0.25, 0.3) is 21.9 Å². The van der Waals surface area contributed by atoms with E-state index in [2.05, 4.69) is 13.8 Å². The predicted octanol–water partition coefficient (Wildman–Crippen LogP) is 6.26. The van der Waals surface area contributed by atoms with E-state index in [4.69, 9.17) is 4.74 Å². The number of rotatable bonds is 2. The van der Waals surface area contributed by atoms with Crippen LogP contribution in [0.5, 0.6) is 5.75 Å². The molecule has 0 amide bonds. The van der Waals surface area contributed by atoms with Crippen LogP contribution in [0.2, 0.25) is 0 Å². The van der Waals surface area contributed by atoms with Crippen molar-refractivity contribution in [1.29, 1.82) is 0 Å². The smallest absolute Gasteiger partial charge is 0.338 e. The minimum atomic E-state index is -0.452. The molecular formula is C24H28O3. The molecule has 0 saturated heterocycles. The van der Waals surface area contributed by atoms with Crippen molar-refractivity contribution in [2.45, 2.75) is 41.5 Å². The number of benzene rings is 3. The van der Waals surface area contributed by atoms with Gasteiger partial charge in [0.2, 0.25) is 0 Å².